The fraction of sp³-hybridized carbons (Fsp3) is 0.500. The molecule has 1 rings (SSSR count). The number of rotatable bonds is 7. The zero-order valence-electron chi connectivity index (χ0n) is 13.1. The monoisotopic (exact) mass is 368 g/mol. The molecule has 0 bridgehead atoms. The number of aromatic nitrogens is 1. The Morgan fingerprint density at radius 3 is 2.28 bits per heavy atom. The van der Waals surface area contributed by atoms with Gasteiger partial charge in [0.25, 0.3) is 0 Å². The number of alkyl halides is 3. The van der Waals surface area contributed by atoms with Crippen molar-refractivity contribution >= 4 is 11.9 Å². The molecule has 1 atom stereocenters. The van der Waals surface area contributed by atoms with E-state index < -0.39 is 24.2 Å². The Hall–Kier alpha value is -2.40. The summed E-state index contributed by atoms with van der Waals surface area (Å²) in [5, 5.41) is 35.8. The summed E-state index contributed by atoms with van der Waals surface area (Å²) < 4.78 is 33.3. The molecule has 8 nitrogen and oxygen atoms in total. The highest BCUT2D eigenvalue weighted by Crippen LogP contribution is 2.11. The number of nitrogens with zero attached hydrogens (tertiary/aromatic N) is 1. The topological polar surface area (TPSA) is 148 Å². The van der Waals surface area contributed by atoms with E-state index in [2.05, 4.69) is 0 Å². The third-order valence-electron chi connectivity index (χ3n) is 2.88. The second-order valence-corrected chi connectivity index (χ2v) is 5.02. The van der Waals surface area contributed by atoms with Crippen LogP contribution < -0.4 is 15.4 Å². The summed E-state index contributed by atoms with van der Waals surface area (Å²) in [6.07, 6.45) is 0.0131. The zero-order valence-corrected chi connectivity index (χ0v) is 13.1. The fourth-order valence-corrected chi connectivity index (χ4v) is 1.68. The van der Waals surface area contributed by atoms with E-state index in [1.165, 1.54) is 6.07 Å². The van der Waals surface area contributed by atoms with Crippen molar-refractivity contribution in [3.63, 3.8) is 0 Å². The van der Waals surface area contributed by atoms with E-state index in [-0.39, 0.29) is 12.4 Å². The molecule has 0 unspecified atom stereocenters. The molecule has 0 fully saturated rings. The van der Waals surface area contributed by atoms with Gasteiger partial charge in [-0.15, -0.1) is 0 Å². The number of nitrogens with two attached hydrogens (primary N) is 1. The largest absolute Gasteiger partial charge is 0.542 e. The molecule has 1 aromatic heterocycles. The molecule has 5 N–H and O–H groups in total. The number of aliphatic hydroxyl groups is 1. The van der Waals surface area contributed by atoms with Gasteiger partial charge in [-0.1, -0.05) is 0 Å². The first kappa shape index (κ1) is 22.6. The lowest BCUT2D eigenvalue weighted by atomic mass is 10.1. The molecule has 0 aliphatic heterocycles. The van der Waals surface area contributed by atoms with Crippen LogP contribution >= 0.6 is 0 Å². The molecule has 1 heterocycles. The van der Waals surface area contributed by atoms with E-state index in [0.29, 0.717) is 24.9 Å². The van der Waals surface area contributed by atoms with E-state index in [1.807, 2.05) is 0 Å². The fourth-order valence-electron chi connectivity index (χ4n) is 1.68. The smallest absolute Gasteiger partial charge is 0.430 e. The van der Waals surface area contributed by atoms with Crippen LogP contribution in [-0.2, 0) is 22.7 Å². The highest BCUT2D eigenvalue weighted by molar-refractivity contribution is 5.72. The zero-order chi connectivity index (χ0) is 19.6. The van der Waals surface area contributed by atoms with E-state index >= 15 is 0 Å². The predicted octanol–water partition coefficient (Wildman–Crippen LogP) is -0.947. The minimum absolute atomic E-state index is 0.101. The average Bonchev–Trinajstić information content (AvgIpc) is 2.50. The second kappa shape index (κ2) is 10.5. The maximum Gasteiger partial charge on any atom is 0.430 e. The number of aliphatic hydroxyl groups excluding tert-OH is 1. The number of carbonyl (C=O) groups excluding carboxylic acids is 1. The van der Waals surface area contributed by atoms with Gasteiger partial charge in [0.1, 0.15) is 18.6 Å². The minimum Gasteiger partial charge on any atom is -0.542 e. The van der Waals surface area contributed by atoms with Crippen LogP contribution in [0.2, 0.25) is 0 Å². The van der Waals surface area contributed by atoms with Crippen LogP contribution in [0.1, 0.15) is 24.8 Å². The van der Waals surface area contributed by atoms with Crippen molar-refractivity contribution in [2.75, 3.05) is 0 Å². The maximum absolute atomic E-state index is 10.5. The van der Waals surface area contributed by atoms with Crippen LogP contribution in [0.4, 0.5) is 13.2 Å². The van der Waals surface area contributed by atoms with Crippen LogP contribution in [0.15, 0.2) is 18.5 Å². The van der Waals surface area contributed by atoms with E-state index in [4.69, 9.17) is 25.8 Å². The number of pyridine rings is 1. The molecule has 0 spiro atoms. The van der Waals surface area contributed by atoms with E-state index in [0.717, 1.165) is 6.42 Å². The van der Waals surface area contributed by atoms with Gasteiger partial charge in [0.15, 0.2) is 11.9 Å². The molecule has 0 saturated carbocycles. The minimum atomic E-state index is -5.19. The Morgan fingerprint density at radius 1 is 1.28 bits per heavy atom. The summed E-state index contributed by atoms with van der Waals surface area (Å²) in [4.78, 5) is 19.3. The molecule has 0 aliphatic carbocycles. The number of halogens is 3. The third-order valence-corrected chi connectivity index (χ3v) is 2.88. The summed E-state index contributed by atoms with van der Waals surface area (Å²) in [5.41, 5.74) is 6.02. The Bertz CT molecular complexity index is 580. The van der Waals surface area contributed by atoms with Crippen molar-refractivity contribution in [3.05, 3.63) is 24.0 Å². The van der Waals surface area contributed by atoms with Crippen molar-refractivity contribution < 1.29 is 47.8 Å². The number of carboxylic acids is 2. The molecule has 11 heteroatoms. The Balaban J connectivity index is 0.000000697. The number of hydrogen-bond acceptors (Lipinski definition) is 6. The van der Waals surface area contributed by atoms with Gasteiger partial charge < -0.3 is 31.0 Å². The van der Waals surface area contributed by atoms with Crippen LogP contribution in [-0.4, -0.2) is 39.5 Å². The first-order valence-electron chi connectivity index (χ1n) is 7.06. The Labute approximate surface area is 140 Å². The summed E-state index contributed by atoms with van der Waals surface area (Å²) >= 11 is 0. The summed E-state index contributed by atoms with van der Waals surface area (Å²) in [7, 11) is 0. The standard InChI is InChI=1S/C12H18N2O4.C2HF3O2/c13-11(12(17)18)3-1-2-4-14-6-9(8-15)5-10(16)7-14;3-2(4,5)1(6)7/h5-7,11,15H,1-4,8,13H2,(H-,16,17,18);(H,6,7)/t11-;/m0./s1. The molecule has 25 heavy (non-hydrogen) atoms. The quantitative estimate of drug-likeness (QED) is 0.358. The van der Waals surface area contributed by atoms with Crippen molar-refractivity contribution in [3.8, 4) is 5.75 Å². The van der Waals surface area contributed by atoms with E-state index in [9.17, 15) is 23.1 Å². The number of carbonyl (C=O) groups is 2. The number of unbranched alkanes of at least 4 members (excludes halogenated alkanes) is 1. The Morgan fingerprint density at radius 2 is 1.84 bits per heavy atom. The van der Waals surface area contributed by atoms with Gasteiger partial charge in [-0.25, -0.2) is 4.57 Å². The lowest BCUT2D eigenvalue weighted by Crippen LogP contribution is -2.37. The molecular weight excluding hydrogens is 349 g/mol. The van der Waals surface area contributed by atoms with Gasteiger partial charge in [0.2, 0.25) is 6.20 Å². The molecule has 0 aliphatic rings. The molecular formula is C14H19F3N2O6. The lowest BCUT2D eigenvalue weighted by molar-refractivity contribution is -0.698. The third kappa shape index (κ3) is 10.1. The van der Waals surface area contributed by atoms with Crippen molar-refractivity contribution in [2.45, 2.75) is 44.6 Å². The summed E-state index contributed by atoms with van der Waals surface area (Å²) in [6.45, 7) is 0.520. The number of carboxylic acid groups (broad SMARTS) is 2. The molecule has 0 aromatic carbocycles. The van der Waals surface area contributed by atoms with Crippen LogP contribution in [0.5, 0.6) is 5.75 Å². The van der Waals surface area contributed by atoms with Gasteiger partial charge in [-0.2, -0.15) is 13.2 Å². The number of aliphatic carboxylic acids is 2. The van der Waals surface area contributed by atoms with Crippen molar-refractivity contribution in [1.29, 1.82) is 0 Å². The van der Waals surface area contributed by atoms with Gasteiger partial charge in [0, 0.05) is 12.0 Å². The molecule has 0 radical (unpaired) electrons. The van der Waals surface area contributed by atoms with Crippen molar-refractivity contribution in [2.24, 2.45) is 5.73 Å². The van der Waals surface area contributed by atoms with Crippen molar-refractivity contribution in [1.82, 2.24) is 0 Å². The van der Waals surface area contributed by atoms with Crippen LogP contribution in [0, 0.1) is 0 Å². The van der Waals surface area contributed by atoms with Crippen LogP contribution in [0.3, 0.4) is 0 Å². The number of aryl methyl sites for hydroxylation is 1. The summed E-state index contributed by atoms with van der Waals surface area (Å²) in [6, 6.07) is 0.684. The Kier molecular flexibility index (Phi) is 9.46. The first-order valence-corrected chi connectivity index (χ1v) is 7.06. The SMILES string of the molecule is N[C@@H](CCCC[n+]1cc(O)cc(CO)c1)C(=O)O.O=C([O-])C(F)(F)F. The lowest BCUT2D eigenvalue weighted by Gasteiger charge is -2.04. The second-order valence-electron chi connectivity index (χ2n) is 5.02. The molecule has 0 amide bonds. The van der Waals surface area contributed by atoms with Gasteiger partial charge >= 0.3 is 12.1 Å². The van der Waals surface area contributed by atoms with Gasteiger partial charge in [0.05, 0.1) is 6.61 Å². The van der Waals surface area contributed by atoms with E-state index in [1.54, 1.807) is 17.0 Å². The van der Waals surface area contributed by atoms with Gasteiger partial charge in [-0.3, -0.25) is 4.79 Å². The highest BCUT2D eigenvalue weighted by Gasteiger charge is 2.28. The number of aromatic hydroxyl groups is 1. The number of hydrogen-bond donors (Lipinski definition) is 4. The first-order chi connectivity index (χ1) is 11.5. The highest BCUT2D eigenvalue weighted by atomic mass is 19.4. The summed E-state index contributed by atoms with van der Waals surface area (Å²) in [5.74, 6) is -3.89. The van der Waals surface area contributed by atoms with Gasteiger partial charge in [-0.05, 0) is 18.9 Å². The maximum atomic E-state index is 10.5. The predicted molar refractivity (Wildman–Crippen MR) is 74.7 cm³/mol. The molecule has 0 saturated heterocycles. The molecule has 142 valence electrons. The van der Waals surface area contributed by atoms with Crippen LogP contribution in [0.25, 0.3) is 0 Å². The normalized spacial score (nSPS) is 12.0. The average molecular weight is 368 g/mol. The molecule has 1 aromatic rings.